The molecule has 0 heterocycles. The third-order valence-electron chi connectivity index (χ3n) is 4.72. The molecule has 0 bridgehead atoms. The van der Waals surface area contributed by atoms with Gasteiger partial charge in [-0.1, -0.05) is 43.7 Å². The molecule has 2 amide bonds. The summed E-state index contributed by atoms with van der Waals surface area (Å²) in [5.74, 6) is 1.09. The fourth-order valence-corrected chi connectivity index (χ4v) is 3.75. The summed E-state index contributed by atoms with van der Waals surface area (Å²) in [4.78, 5) is 26.3. The maximum Gasteiger partial charge on any atom is 0.255 e. The van der Waals surface area contributed by atoms with Crippen molar-refractivity contribution in [3.63, 3.8) is 0 Å². The third kappa shape index (κ3) is 7.17. The first kappa shape index (κ1) is 23.4. The number of para-hydroxylation sites is 1. The Hall–Kier alpha value is -3.25. The van der Waals surface area contributed by atoms with Crippen molar-refractivity contribution < 1.29 is 14.3 Å². The molecule has 0 fully saturated rings. The number of rotatable bonds is 11. The third-order valence-corrected chi connectivity index (χ3v) is 5.69. The first-order chi connectivity index (χ1) is 15.7. The van der Waals surface area contributed by atoms with Crippen LogP contribution in [0.2, 0.25) is 0 Å². The minimum absolute atomic E-state index is 0.188. The zero-order valence-corrected chi connectivity index (χ0v) is 19.0. The van der Waals surface area contributed by atoms with Gasteiger partial charge in [-0.2, -0.15) is 0 Å². The van der Waals surface area contributed by atoms with Gasteiger partial charge in [0.1, 0.15) is 5.75 Å². The molecule has 0 atom stereocenters. The highest BCUT2D eigenvalue weighted by atomic mass is 32.2. The molecule has 2 N–H and O–H groups in total. The number of carbonyl (C=O) groups is 2. The second-order valence-electron chi connectivity index (χ2n) is 7.14. The highest BCUT2D eigenvalue weighted by Gasteiger charge is 2.14. The van der Waals surface area contributed by atoms with Crippen molar-refractivity contribution >= 4 is 29.3 Å². The van der Waals surface area contributed by atoms with Crippen LogP contribution in [0.1, 0.15) is 40.5 Å². The lowest BCUT2D eigenvalue weighted by molar-refractivity contribution is 0.0954. The van der Waals surface area contributed by atoms with E-state index in [1.54, 1.807) is 60.3 Å². The van der Waals surface area contributed by atoms with Gasteiger partial charge in [0.2, 0.25) is 0 Å². The van der Waals surface area contributed by atoms with Crippen LogP contribution in [-0.4, -0.2) is 30.7 Å². The van der Waals surface area contributed by atoms with Crippen molar-refractivity contribution in [3.05, 3.63) is 90.0 Å². The van der Waals surface area contributed by atoms with E-state index in [0.29, 0.717) is 35.7 Å². The van der Waals surface area contributed by atoms with Crippen molar-refractivity contribution in [3.8, 4) is 5.75 Å². The molecule has 0 radical (unpaired) electrons. The summed E-state index contributed by atoms with van der Waals surface area (Å²) in [5.41, 5.74) is 1.44. The van der Waals surface area contributed by atoms with Crippen LogP contribution in [0.4, 0.5) is 5.69 Å². The number of amides is 2. The standard InChI is InChI=1S/C26H28N2O3S/c1-2-3-17-27-26(30)23-11-7-8-12-24(23)28-25(29)20-13-15-21(16-14-20)31-18-19-32-22-9-5-4-6-10-22/h4-16H,2-3,17-19H2,1H3,(H,27,30)(H,28,29). The molecule has 32 heavy (non-hydrogen) atoms. The lowest BCUT2D eigenvalue weighted by Crippen LogP contribution is -2.26. The summed E-state index contributed by atoms with van der Waals surface area (Å²) in [6, 6.07) is 24.2. The molecular weight excluding hydrogens is 420 g/mol. The SMILES string of the molecule is CCCCNC(=O)c1ccccc1NC(=O)c1ccc(OCCSc2ccccc2)cc1. The molecule has 0 aliphatic heterocycles. The number of ether oxygens (including phenoxy) is 1. The van der Waals surface area contributed by atoms with E-state index >= 15 is 0 Å². The van der Waals surface area contributed by atoms with Crippen LogP contribution < -0.4 is 15.4 Å². The van der Waals surface area contributed by atoms with E-state index in [1.807, 2.05) is 18.2 Å². The summed E-state index contributed by atoms with van der Waals surface area (Å²) in [6.45, 7) is 3.26. The van der Waals surface area contributed by atoms with Gasteiger partial charge in [-0.3, -0.25) is 9.59 Å². The van der Waals surface area contributed by atoms with Gasteiger partial charge in [-0.25, -0.2) is 0 Å². The zero-order chi connectivity index (χ0) is 22.6. The monoisotopic (exact) mass is 448 g/mol. The van der Waals surface area contributed by atoms with Gasteiger partial charge in [0.15, 0.2) is 0 Å². The van der Waals surface area contributed by atoms with Crippen molar-refractivity contribution in [2.75, 3.05) is 24.2 Å². The number of hydrogen-bond donors (Lipinski definition) is 2. The molecular formula is C26H28N2O3S. The van der Waals surface area contributed by atoms with Crippen molar-refractivity contribution in [1.29, 1.82) is 0 Å². The van der Waals surface area contributed by atoms with Gasteiger partial charge >= 0.3 is 0 Å². The molecule has 166 valence electrons. The Morgan fingerprint density at radius 2 is 1.59 bits per heavy atom. The van der Waals surface area contributed by atoms with E-state index in [9.17, 15) is 9.59 Å². The van der Waals surface area contributed by atoms with Crippen LogP contribution in [-0.2, 0) is 0 Å². The number of thioether (sulfide) groups is 1. The molecule has 6 heteroatoms. The maximum atomic E-state index is 12.7. The molecule has 0 saturated heterocycles. The summed E-state index contributed by atoms with van der Waals surface area (Å²) in [7, 11) is 0. The predicted molar refractivity (Wildman–Crippen MR) is 131 cm³/mol. The smallest absolute Gasteiger partial charge is 0.255 e. The Morgan fingerprint density at radius 3 is 2.34 bits per heavy atom. The van der Waals surface area contributed by atoms with Crippen molar-refractivity contribution in [2.24, 2.45) is 0 Å². The van der Waals surface area contributed by atoms with E-state index in [-0.39, 0.29) is 11.8 Å². The van der Waals surface area contributed by atoms with Gasteiger partial charge in [0.05, 0.1) is 17.9 Å². The van der Waals surface area contributed by atoms with Gasteiger partial charge in [-0.05, 0) is 55.0 Å². The van der Waals surface area contributed by atoms with Gasteiger partial charge in [0.25, 0.3) is 11.8 Å². The average molecular weight is 449 g/mol. The largest absolute Gasteiger partial charge is 0.493 e. The molecule has 0 aliphatic rings. The van der Waals surface area contributed by atoms with E-state index in [0.717, 1.165) is 18.6 Å². The maximum absolute atomic E-state index is 12.7. The quantitative estimate of drug-likeness (QED) is 0.294. The van der Waals surface area contributed by atoms with Gasteiger partial charge < -0.3 is 15.4 Å². The normalized spacial score (nSPS) is 10.4. The van der Waals surface area contributed by atoms with Crippen molar-refractivity contribution in [1.82, 2.24) is 5.32 Å². The highest BCUT2D eigenvalue weighted by Crippen LogP contribution is 2.19. The summed E-state index contributed by atoms with van der Waals surface area (Å²) < 4.78 is 5.77. The number of hydrogen-bond acceptors (Lipinski definition) is 4. The van der Waals surface area contributed by atoms with E-state index < -0.39 is 0 Å². The van der Waals surface area contributed by atoms with E-state index in [1.165, 1.54) is 4.90 Å². The Labute approximate surface area is 193 Å². The van der Waals surface area contributed by atoms with Crippen LogP contribution in [0.25, 0.3) is 0 Å². The van der Waals surface area contributed by atoms with Crippen LogP contribution >= 0.6 is 11.8 Å². The number of anilines is 1. The lowest BCUT2D eigenvalue weighted by Gasteiger charge is -2.12. The Kier molecular flexibility index (Phi) is 9.20. The minimum atomic E-state index is -0.273. The van der Waals surface area contributed by atoms with Gasteiger partial charge in [-0.15, -0.1) is 11.8 Å². The Bertz CT molecular complexity index is 1010. The molecule has 3 aromatic rings. The summed E-state index contributed by atoms with van der Waals surface area (Å²) in [6.07, 6.45) is 1.92. The van der Waals surface area contributed by atoms with Crippen LogP contribution in [0.3, 0.4) is 0 Å². The fraction of sp³-hybridized carbons (Fsp3) is 0.231. The van der Waals surface area contributed by atoms with Crippen molar-refractivity contribution in [2.45, 2.75) is 24.7 Å². The predicted octanol–water partition coefficient (Wildman–Crippen LogP) is 5.64. The molecule has 3 aromatic carbocycles. The Morgan fingerprint density at radius 1 is 0.875 bits per heavy atom. The van der Waals surface area contributed by atoms with E-state index in [4.69, 9.17) is 4.74 Å². The number of carbonyl (C=O) groups excluding carboxylic acids is 2. The highest BCUT2D eigenvalue weighted by molar-refractivity contribution is 7.99. The minimum Gasteiger partial charge on any atom is -0.493 e. The molecule has 3 rings (SSSR count). The second kappa shape index (κ2) is 12.6. The molecule has 0 aromatic heterocycles. The molecule has 0 unspecified atom stereocenters. The first-order valence-electron chi connectivity index (χ1n) is 10.8. The van der Waals surface area contributed by atoms with Crippen LogP contribution in [0.15, 0.2) is 83.8 Å². The first-order valence-corrected chi connectivity index (χ1v) is 11.7. The molecule has 0 saturated carbocycles. The second-order valence-corrected chi connectivity index (χ2v) is 8.31. The topological polar surface area (TPSA) is 67.4 Å². The van der Waals surface area contributed by atoms with Gasteiger partial charge in [0, 0.05) is 22.8 Å². The average Bonchev–Trinajstić information content (AvgIpc) is 2.83. The number of unbranched alkanes of at least 4 members (excludes halogenated alkanes) is 1. The summed E-state index contributed by atoms with van der Waals surface area (Å²) in [5, 5.41) is 5.73. The summed E-state index contributed by atoms with van der Waals surface area (Å²) >= 11 is 1.74. The number of nitrogens with one attached hydrogen (secondary N) is 2. The molecule has 5 nitrogen and oxygen atoms in total. The molecule has 0 spiro atoms. The van der Waals surface area contributed by atoms with Crippen LogP contribution in [0, 0.1) is 0 Å². The number of benzene rings is 3. The Balaban J connectivity index is 1.52. The zero-order valence-electron chi connectivity index (χ0n) is 18.2. The fourth-order valence-electron chi connectivity index (χ4n) is 3.00. The molecule has 0 aliphatic carbocycles. The van der Waals surface area contributed by atoms with Crippen LogP contribution in [0.5, 0.6) is 5.75 Å². The lowest BCUT2D eigenvalue weighted by atomic mass is 10.1. The van der Waals surface area contributed by atoms with E-state index in [2.05, 4.69) is 29.7 Å².